The molecule has 0 radical (unpaired) electrons. The van der Waals surface area contributed by atoms with Crippen molar-refractivity contribution < 1.29 is 64.6 Å². The minimum absolute atomic E-state index is 0.198. The minimum atomic E-state index is -1.78. The van der Waals surface area contributed by atoms with Crippen LogP contribution in [-0.4, -0.2) is 140 Å². The Morgan fingerprint density at radius 2 is 0.685 bits per heavy atom. The number of ether oxygens (including phenoxy) is 4. The number of nitrogens with one attached hydrogen (secondary N) is 1. The second-order valence-electron chi connectivity index (χ2n) is 28.6. The van der Waals surface area contributed by atoms with Gasteiger partial charge in [0, 0.05) is 6.42 Å². The molecular weight excluding hydrogens is 1160 g/mol. The molecule has 12 atom stereocenters. The van der Waals surface area contributed by atoms with E-state index in [2.05, 4.69) is 31.3 Å². The van der Waals surface area contributed by atoms with E-state index in [0.717, 1.165) is 51.4 Å². The molecule has 0 saturated carbocycles. The van der Waals surface area contributed by atoms with Gasteiger partial charge in [0.05, 0.1) is 32.0 Å². The van der Waals surface area contributed by atoms with Crippen molar-refractivity contribution in [3.8, 4) is 0 Å². The van der Waals surface area contributed by atoms with Gasteiger partial charge in [0.2, 0.25) is 5.91 Å². The van der Waals surface area contributed by atoms with Gasteiger partial charge in [-0.1, -0.05) is 353 Å². The van der Waals surface area contributed by atoms with Crippen LogP contribution in [0.1, 0.15) is 386 Å². The summed E-state index contributed by atoms with van der Waals surface area (Å²) < 4.78 is 23.0. The molecule has 14 nitrogen and oxygen atoms in total. The van der Waals surface area contributed by atoms with Crippen molar-refractivity contribution in [2.45, 2.75) is 460 Å². The summed E-state index contributed by atoms with van der Waals surface area (Å²) in [6, 6.07) is -0.828. The highest BCUT2D eigenvalue weighted by Crippen LogP contribution is 2.30. The highest BCUT2D eigenvalue weighted by molar-refractivity contribution is 5.76. The van der Waals surface area contributed by atoms with Crippen molar-refractivity contribution in [1.82, 2.24) is 5.32 Å². The molecule has 2 aliphatic rings. The lowest BCUT2D eigenvalue weighted by atomic mass is 9.97. The molecule has 14 heteroatoms. The van der Waals surface area contributed by atoms with Crippen LogP contribution in [0.3, 0.4) is 0 Å². The quantitative estimate of drug-likeness (QED) is 0.0204. The number of aliphatic hydroxyl groups is 8. The molecule has 0 aliphatic carbocycles. The number of allylic oxidation sites excluding steroid dienone is 2. The first-order valence-electron chi connectivity index (χ1n) is 39.9. The van der Waals surface area contributed by atoms with Crippen LogP contribution in [0.2, 0.25) is 0 Å². The Morgan fingerprint density at radius 1 is 0.380 bits per heavy atom. The normalized spacial score (nSPS) is 22.6. The lowest BCUT2D eigenvalue weighted by molar-refractivity contribution is -0.359. The molecule has 546 valence electrons. The van der Waals surface area contributed by atoms with Crippen molar-refractivity contribution in [2.75, 3.05) is 19.8 Å². The van der Waals surface area contributed by atoms with Crippen molar-refractivity contribution >= 4 is 5.91 Å². The molecule has 0 spiro atoms. The van der Waals surface area contributed by atoms with Crippen LogP contribution in [0, 0.1) is 0 Å². The van der Waals surface area contributed by atoms with Crippen molar-refractivity contribution in [3.05, 3.63) is 12.2 Å². The van der Waals surface area contributed by atoms with Crippen LogP contribution in [0.25, 0.3) is 0 Å². The highest BCUT2D eigenvalue weighted by atomic mass is 16.7. The van der Waals surface area contributed by atoms with Gasteiger partial charge < -0.3 is 65.1 Å². The molecule has 2 fully saturated rings. The second-order valence-corrected chi connectivity index (χ2v) is 28.6. The molecule has 2 saturated heterocycles. The maximum absolute atomic E-state index is 13.4. The lowest BCUT2D eigenvalue weighted by Crippen LogP contribution is -2.65. The van der Waals surface area contributed by atoms with Gasteiger partial charge in [-0.25, -0.2) is 0 Å². The number of hydrogen-bond acceptors (Lipinski definition) is 13. The predicted molar refractivity (Wildman–Crippen MR) is 379 cm³/mol. The third-order valence-corrected chi connectivity index (χ3v) is 20.0. The maximum Gasteiger partial charge on any atom is 0.220 e. The van der Waals surface area contributed by atoms with Gasteiger partial charge in [-0.2, -0.15) is 0 Å². The number of hydrogen-bond donors (Lipinski definition) is 9. The summed E-state index contributed by atoms with van der Waals surface area (Å²) in [7, 11) is 0. The zero-order valence-corrected chi connectivity index (χ0v) is 59.8. The molecule has 0 bridgehead atoms. The average Bonchev–Trinajstić information content (AvgIpc) is 0.882. The Bertz CT molecular complexity index is 1590. The zero-order valence-electron chi connectivity index (χ0n) is 59.8. The van der Waals surface area contributed by atoms with Gasteiger partial charge in [-0.3, -0.25) is 4.79 Å². The number of unbranched alkanes of at least 4 members (excludes halogenated alkanes) is 53. The molecular formula is C78H151NO13. The highest BCUT2D eigenvalue weighted by Gasteiger charge is 2.51. The summed E-state index contributed by atoms with van der Waals surface area (Å²) >= 11 is 0. The van der Waals surface area contributed by atoms with E-state index >= 15 is 0 Å². The van der Waals surface area contributed by atoms with E-state index in [1.165, 1.54) is 308 Å². The SMILES string of the molecule is CCCCCCCCCC/C=C\CCCCCCCCCCCCCCCCCC(=O)NC(COC1OC(CO)C(OC2OC(CO)C(O)C(O)C2O)C(O)C1O)C(O)CCCCCCCCCCCCCCCCCCCCCCCCCCCCCCCCC. The predicted octanol–water partition coefficient (Wildman–Crippen LogP) is 17.7. The number of aliphatic hydroxyl groups excluding tert-OH is 8. The van der Waals surface area contributed by atoms with Crippen LogP contribution in [0.15, 0.2) is 12.2 Å². The second kappa shape index (κ2) is 63.2. The van der Waals surface area contributed by atoms with Gasteiger partial charge >= 0.3 is 0 Å². The van der Waals surface area contributed by atoms with Crippen LogP contribution in [-0.2, 0) is 23.7 Å². The minimum Gasteiger partial charge on any atom is -0.394 e. The average molecular weight is 1310 g/mol. The van der Waals surface area contributed by atoms with Crippen LogP contribution < -0.4 is 5.32 Å². The van der Waals surface area contributed by atoms with E-state index in [-0.39, 0.29) is 12.5 Å². The molecule has 0 aromatic rings. The summed E-state index contributed by atoms with van der Waals surface area (Å²) in [6.07, 6.45) is 62.5. The van der Waals surface area contributed by atoms with Gasteiger partial charge in [0.15, 0.2) is 12.6 Å². The van der Waals surface area contributed by atoms with Gasteiger partial charge in [-0.05, 0) is 38.5 Å². The third-order valence-electron chi connectivity index (χ3n) is 20.0. The first kappa shape index (κ1) is 86.8. The Balaban J connectivity index is 1.61. The van der Waals surface area contributed by atoms with Crippen LogP contribution in [0.5, 0.6) is 0 Å². The monoisotopic (exact) mass is 1310 g/mol. The summed E-state index contributed by atoms with van der Waals surface area (Å²) in [5.74, 6) is -0.198. The number of amides is 1. The van der Waals surface area contributed by atoms with Gasteiger partial charge in [0.25, 0.3) is 0 Å². The summed E-state index contributed by atoms with van der Waals surface area (Å²) in [5, 5.41) is 87.9. The molecule has 2 heterocycles. The molecule has 0 aromatic carbocycles. The fourth-order valence-corrected chi connectivity index (χ4v) is 13.7. The Hall–Kier alpha value is -1.27. The Labute approximate surface area is 565 Å². The summed E-state index contributed by atoms with van der Waals surface area (Å²) in [4.78, 5) is 13.4. The third kappa shape index (κ3) is 46.1. The number of rotatable bonds is 68. The fraction of sp³-hybridized carbons (Fsp3) is 0.962. The van der Waals surface area contributed by atoms with Crippen molar-refractivity contribution in [1.29, 1.82) is 0 Å². The molecule has 9 N–H and O–H groups in total. The molecule has 92 heavy (non-hydrogen) atoms. The van der Waals surface area contributed by atoms with Gasteiger partial charge in [-0.15, -0.1) is 0 Å². The number of carbonyl (C=O) groups is 1. The smallest absolute Gasteiger partial charge is 0.220 e. The first-order valence-corrected chi connectivity index (χ1v) is 39.9. The van der Waals surface area contributed by atoms with Crippen molar-refractivity contribution in [3.63, 3.8) is 0 Å². The van der Waals surface area contributed by atoms with Crippen LogP contribution in [0.4, 0.5) is 0 Å². The van der Waals surface area contributed by atoms with Crippen molar-refractivity contribution in [2.24, 2.45) is 0 Å². The number of carbonyl (C=O) groups excluding carboxylic acids is 1. The standard InChI is InChI=1S/C78H151NO13/c1-3-5-7-9-11-13-15-17-19-21-23-25-27-29-31-32-33-34-36-37-39-41-43-45-47-49-51-53-55-57-59-61-67(82)66(65-89-77-75(88)73(86)76(69(64-81)91-77)92-78-74(87)72(85)71(84)68(63-80)90-78)79-70(83)62-60-58-56-54-52-50-48-46-44-42-40-38-35-30-28-26-24-22-20-18-16-14-12-10-8-6-4-2/h22,24,66-69,71-78,80-82,84-88H,3-21,23,25-65H2,1-2H3,(H,79,83)/b24-22-. The largest absolute Gasteiger partial charge is 0.394 e. The molecule has 2 rings (SSSR count). The van der Waals surface area contributed by atoms with E-state index in [1.807, 2.05) is 0 Å². The Morgan fingerprint density at radius 3 is 1.03 bits per heavy atom. The van der Waals surface area contributed by atoms with E-state index in [9.17, 15) is 45.6 Å². The molecule has 2 aliphatic heterocycles. The lowest BCUT2D eigenvalue weighted by Gasteiger charge is -2.46. The Kier molecular flexibility index (Phi) is 59.6. The van der Waals surface area contributed by atoms with E-state index < -0.39 is 86.8 Å². The van der Waals surface area contributed by atoms with E-state index in [4.69, 9.17) is 18.9 Å². The summed E-state index contributed by atoms with van der Waals surface area (Å²) in [6.45, 7) is 2.94. The van der Waals surface area contributed by atoms with E-state index in [0.29, 0.717) is 12.8 Å². The van der Waals surface area contributed by atoms with Gasteiger partial charge in [0.1, 0.15) is 48.8 Å². The first-order chi connectivity index (χ1) is 45.1. The zero-order chi connectivity index (χ0) is 66.6. The maximum atomic E-state index is 13.4. The van der Waals surface area contributed by atoms with Crippen LogP contribution >= 0.6 is 0 Å². The van der Waals surface area contributed by atoms with E-state index in [1.54, 1.807) is 0 Å². The molecule has 12 unspecified atom stereocenters. The molecule has 1 amide bonds. The topological polar surface area (TPSA) is 228 Å². The summed E-state index contributed by atoms with van der Waals surface area (Å²) in [5.41, 5.74) is 0. The fourth-order valence-electron chi connectivity index (χ4n) is 13.7. The molecule has 0 aromatic heterocycles.